The minimum Gasteiger partial charge on any atom is -0.364 e. The molecule has 1 saturated heterocycles. The van der Waals surface area contributed by atoms with Gasteiger partial charge in [-0.3, -0.25) is 0 Å². The Morgan fingerprint density at radius 1 is 1.14 bits per heavy atom. The van der Waals surface area contributed by atoms with Gasteiger partial charge in [0.15, 0.2) is 11.6 Å². The zero-order valence-electron chi connectivity index (χ0n) is 12.5. The van der Waals surface area contributed by atoms with Crippen LogP contribution in [0.2, 0.25) is 0 Å². The van der Waals surface area contributed by atoms with Crippen molar-refractivity contribution in [3.8, 4) is 0 Å². The van der Waals surface area contributed by atoms with Crippen LogP contribution in [0.3, 0.4) is 0 Å². The van der Waals surface area contributed by atoms with Crippen molar-refractivity contribution < 1.29 is 0 Å². The molecule has 0 bridgehead atoms. The number of nitrogens with one attached hydrogen (secondary N) is 1. The molecule has 1 unspecified atom stereocenters. The van der Waals surface area contributed by atoms with Crippen molar-refractivity contribution in [1.29, 1.82) is 0 Å². The van der Waals surface area contributed by atoms with E-state index in [1.165, 1.54) is 12.8 Å². The van der Waals surface area contributed by atoms with Gasteiger partial charge in [0, 0.05) is 19.1 Å². The summed E-state index contributed by atoms with van der Waals surface area (Å²) >= 11 is 0. The number of rotatable bonds is 4. The van der Waals surface area contributed by atoms with Crippen LogP contribution in [0.15, 0.2) is 24.3 Å². The topological polar surface area (TPSA) is 67.1 Å². The third-order valence-corrected chi connectivity index (χ3v) is 4.39. The van der Waals surface area contributed by atoms with E-state index in [2.05, 4.69) is 10.2 Å². The quantitative estimate of drug-likeness (QED) is 0.906. The van der Waals surface area contributed by atoms with E-state index >= 15 is 0 Å². The highest BCUT2D eigenvalue weighted by molar-refractivity contribution is 5.85. The fraction of sp³-hybridized carbons (Fsp3) is 0.500. The molecule has 2 fully saturated rings. The molecule has 1 atom stereocenters. The zero-order chi connectivity index (χ0) is 14.2. The normalized spacial score (nSPS) is 21.0. The maximum Gasteiger partial charge on any atom is 0.172 e. The lowest BCUT2D eigenvalue weighted by Crippen LogP contribution is -2.25. The van der Waals surface area contributed by atoms with Crippen molar-refractivity contribution in [2.24, 2.45) is 11.7 Å². The molecule has 1 aliphatic heterocycles. The van der Waals surface area contributed by atoms with Gasteiger partial charge in [-0.2, -0.15) is 0 Å². The Labute approximate surface area is 136 Å². The number of nitrogens with zero attached hydrogens (tertiary/aromatic N) is 3. The van der Waals surface area contributed by atoms with Gasteiger partial charge in [-0.1, -0.05) is 12.1 Å². The van der Waals surface area contributed by atoms with E-state index in [1.54, 1.807) is 0 Å². The average molecular weight is 320 g/mol. The Bertz CT molecular complexity index is 658. The van der Waals surface area contributed by atoms with Crippen LogP contribution in [0, 0.1) is 5.92 Å². The molecular weight excluding hydrogens is 298 g/mol. The van der Waals surface area contributed by atoms with Crippen LogP contribution in [-0.4, -0.2) is 35.6 Å². The second-order valence-electron chi connectivity index (χ2n) is 6.14. The van der Waals surface area contributed by atoms with Gasteiger partial charge in [0.05, 0.1) is 11.0 Å². The van der Waals surface area contributed by atoms with Crippen LogP contribution >= 0.6 is 12.4 Å². The van der Waals surface area contributed by atoms with Crippen LogP contribution in [0.5, 0.6) is 0 Å². The van der Waals surface area contributed by atoms with Crippen LogP contribution in [0.25, 0.3) is 11.0 Å². The molecule has 1 aromatic heterocycles. The van der Waals surface area contributed by atoms with Gasteiger partial charge in [0.25, 0.3) is 0 Å². The Morgan fingerprint density at radius 2 is 1.86 bits per heavy atom. The second-order valence-corrected chi connectivity index (χ2v) is 6.14. The number of fused-ring (bicyclic) bond motifs is 1. The molecule has 3 N–H and O–H groups in total. The summed E-state index contributed by atoms with van der Waals surface area (Å²) in [7, 11) is 0. The number of benzene rings is 1. The van der Waals surface area contributed by atoms with Crippen molar-refractivity contribution in [1.82, 2.24) is 9.97 Å². The molecule has 22 heavy (non-hydrogen) atoms. The molecule has 2 heterocycles. The molecule has 2 aromatic rings. The molecule has 0 spiro atoms. The predicted octanol–water partition coefficient (Wildman–Crippen LogP) is 2.41. The molecule has 2 aliphatic rings. The number of para-hydroxylation sites is 2. The summed E-state index contributed by atoms with van der Waals surface area (Å²) in [5.41, 5.74) is 7.74. The SMILES string of the molecule is Cl.NCC1CCN(c2nc3ccccc3nc2NC2CC2)C1. The molecule has 118 valence electrons. The molecule has 0 amide bonds. The third kappa shape index (κ3) is 2.96. The van der Waals surface area contributed by atoms with E-state index in [0.717, 1.165) is 48.7 Å². The van der Waals surface area contributed by atoms with Gasteiger partial charge in [0.2, 0.25) is 0 Å². The number of nitrogens with two attached hydrogens (primary N) is 1. The van der Waals surface area contributed by atoms with Crippen molar-refractivity contribution in [2.45, 2.75) is 25.3 Å². The lowest BCUT2D eigenvalue weighted by Gasteiger charge is -2.21. The lowest BCUT2D eigenvalue weighted by molar-refractivity contribution is 0.602. The van der Waals surface area contributed by atoms with E-state index < -0.39 is 0 Å². The molecule has 6 heteroatoms. The molecular formula is C16H22ClN5. The number of hydrogen-bond donors (Lipinski definition) is 2. The lowest BCUT2D eigenvalue weighted by atomic mass is 10.1. The summed E-state index contributed by atoms with van der Waals surface area (Å²) in [5.74, 6) is 2.51. The first-order valence-corrected chi connectivity index (χ1v) is 7.82. The standard InChI is InChI=1S/C16H21N5.ClH/c17-9-11-7-8-21(10-11)16-15(18-12-5-6-12)19-13-3-1-2-4-14(13)20-16;/h1-4,11-12H,5-10,17H2,(H,18,19);1H. The van der Waals surface area contributed by atoms with Gasteiger partial charge in [-0.05, 0) is 43.9 Å². The summed E-state index contributed by atoms with van der Waals surface area (Å²) in [5, 5.41) is 3.54. The largest absolute Gasteiger partial charge is 0.364 e. The monoisotopic (exact) mass is 319 g/mol. The zero-order valence-corrected chi connectivity index (χ0v) is 13.4. The van der Waals surface area contributed by atoms with Crippen molar-refractivity contribution in [2.75, 3.05) is 29.9 Å². The molecule has 1 aliphatic carbocycles. The Morgan fingerprint density at radius 3 is 2.50 bits per heavy atom. The maximum atomic E-state index is 5.82. The number of hydrogen-bond acceptors (Lipinski definition) is 5. The van der Waals surface area contributed by atoms with Gasteiger partial charge >= 0.3 is 0 Å². The Balaban J connectivity index is 0.00000144. The molecule has 5 nitrogen and oxygen atoms in total. The minimum atomic E-state index is 0. The van der Waals surface area contributed by atoms with E-state index in [-0.39, 0.29) is 12.4 Å². The van der Waals surface area contributed by atoms with Crippen LogP contribution in [0.1, 0.15) is 19.3 Å². The minimum absolute atomic E-state index is 0. The fourth-order valence-corrected chi connectivity index (χ4v) is 2.95. The Kier molecular flexibility index (Phi) is 4.36. The number of aromatic nitrogens is 2. The first-order chi connectivity index (χ1) is 10.3. The third-order valence-electron chi connectivity index (χ3n) is 4.39. The predicted molar refractivity (Wildman–Crippen MR) is 92.8 cm³/mol. The number of halogens is 1. The summed E-state index contributed by atoms with van der Waals surface area (Å²) in [4.78, 5) is 12.0. The maximum absolute atomic E-state index is 5.82. The highest BCUT2D eigenvalue weighted by Gasteiger charge is 2.28. The summed E-state index contributed by atoms with van der Waals surface area (Å²) in [6.07, 6.45) is 3.62. The van der Waals surface area contributed by atoms with E-state index in [4.69, 9.17) is 15.7 Å². The van der Waals surface area contributed by atoms with Gasteiger partial charge in [0.1, 0.15) is 0 Å². The molecule has 1 saturated carbocycles. The van der Waals surface area contributed by atoms with Crippen molar-refractivity contribution in [3.05, 3.63) is 24.3 Å². The van der Waals surface area contributed by atoms with E-state index in [1.807, 2.05) is 24.3 Å². The fourth-order valence-electron chi connectivity index (χ4n) is 2.95. The molecule has 1 aromatic carbocycles. The average Bonchev–Trinajstić information content (AvgIpc) is 3.20. The molecule has 0 radical (unpaired) electrons. The van der Waals surface area contributed by atoms with Crippen molar-refractivity contribution >= 4 is 35.1 Å². The Hall–Kier alpha value is -1.59. The van der Waals surface area contributed by atoms with Crippen LogP contribution in [0.4, 0.5) is 11.6 Å². The number of anilines is 2. The summed E-state index contributed by atoms with van der Waals surface area (Å²) < 4.78 is 0. The van der Waals surface area contributed by atoms with Gasteiger partial charge in [-0.15, -0.1) is 12.4 Å². The second kappa shape index (κ2) is 6.26. The highest BCUT2D eigenvalue weighted by atomic mass is 35.5. The first-order valence-electron chi connectivity index (χ1n) is 7.82. The smallest absolute Gasteiger partial charge is 0.172 e. The van der Waals surface area contributed by atoms with Crippen molar-refractivity contribution in [3.63, 3.8) is 0 Å². The molecule has 4 rings (SSSR count). The van der Waals surface area contributed by atoms with Crippen LogP contribution < -0.4 is 16.0 Å². The summed E-state index contributed by atoms with van der Waals surface area (Å²) in [6, 6.07) is 8.66. The van der Waals surface area contributed by atoms with E-state index in [0.29, 0.717) is 12.0 Å². The van der Waals surface area contributed by atoms with Gasteiger partial charge in [-0.25, -0.2) is 9.97 Å². The summed E-state index contributed by atoms with van der Waals surface area (Å²) in [6.45, 7) is 2.76. The van der Waals surface area contributed by atoms with Crippen LogP contribution in [-0.2, 0) is 0 Å². The first kappa shape index (κ1) is 15.3. The highest BCUT2D eigenvalue weighted by Crippen LogP contribution is 2.32. The van der Waals surface area contributed by atoms with E-state index in [9.17, 15) is 0 Å². The van der Waals surface area contributed by atoms with Gasteiger partial charge < -0.3 is 16.0 Å².